The number of aromatic nitrogens is 1. The van der Waals surface area contributed by atoms with Crippen molar-refractivity contribution in [2.45, 2.75) is 44.1 Å². The fraction of sp³-hybridized carbons (Fsp3) is 0.714. The van der Waals surface area contributed by atoms with Gasteiger partial charge in [0.25, 0.3) is 0 Å². The summed E-state index contributed by atoms with van der Waals surface area (Å²) in [6.07, 6.45) is 6.01. The van der Waals surface area contributed by atoms with E-state index in [1.54, 1.807) is 11.3 Å². The van der Waals surface area contributed by atoms with Gasteiger partial charge in [0.15, 0.2) is 5.13 Å². The normalized spacial score (nSPS) is 34.9. The molecule has 0 saturated heterocycles. The molecular formula is C14H20ClN3OS. The number of thiazole rings is 1. The Bertz CT molecular complexity index is 514. The molecule has 0 aliphatic heterocycles. The number of hydrogen-bond donors (Lipinski definition) is 2. The van der Waals surface area contributed by atoms with Crippen LogP contribution in [0.25, 0.3) is 0 Å². The highest BCUT2D eigenvalue weighted by molar-refractivity contribution is 7.13. The van der Waals surface area contributed by atoms with E-state index in [1.807, 2.05) is 0 Å². The Balaban J connectivity index is 0.00000121. The van der Waals surface area contributed by atoms with E-state index >= 15 is 0 Å². The number of carbonyl (C=O) groups is 1. The zero-order chi connectivity index (χ0) is 13.0. The third-order valence-corrected chi connectivity index (χ3v) is 5.81. The van der Waals surface area contributed by atoms with Gasteiger partial charge in [0.2, 0.25) is 5.91 Å². The first-order chi connectivity index (χ1) is 9.22. The molecule has 1 amide bonds. The Morgan fingerprint density at radius 3 is 2.70 bits per heavy atom. The quantitative estimate of drug-likeness (QED) is 0.901. The van der Waals surface area contributed by atoms with Gasteiger partial charge in [0.05, 0.1) is 11.6 Å². The monoisotopic (exact) mass is 313 g/mol. The molecular weight excluding hydrogens is 294 g/mol. The predicted octanol–water partition coefficient (Wildman–Crippen LogP) is 2.75. The lowest BCUT2D eigenvalue weighted by molar-refractivity contribution is -0.121. The first kappa shape index (κ1) is 14.3. The van der Waals surface area contributed by atoms with Crippen molar-refractivity contribution >= 4 is 34.8 Å². The van der Waals surface area contributed by atoms with E-state index < -0.39 is 0 Å². The van der Waals surface area contributed by atoms with E-state index in [-0.39, 0.29) is 30.3 Å². The van der Waals surface area contributed by atoms with Crippen LogP contribution >= 0.6 is 23.7 Å². The van der Waals surface area contributed by atoms with Gasteiger partial charge in [0.1, 0.15) is 0 Å². The van der Waals surface area contributed by atoms with E-state index in [2.05, 4.69) is 15.7 Å². The Kier molecular flexibility index (Phi) is 3.77. The Hall–Kier alpha value is -0.650. The second kappa shape index (κ2) is 5.28. The number of halogens is 1. The molecule has 4 nitrogen and oxygen atoms in total. The van der Waals surface area contributed by atoms with Gasteiger partial charge < -0.3 is 11.1 Å². The van der Waals surface area contributed by atoms with Crippen LogP contribution in [0, 0.1) is 17.8 Å². The summed E-state index contributed by atoms with van der Waals surface area (Å²) in [7, 11) is 0. The fourth-order valence-corrected chi connectivity index (χ4v) is 4.62. The molecule has 0 radical (unpaired) electrons. The molecule has 6 heteroatoms. The van der Waals surface area contributed by atoms with Crippen LogP contribution in [0.4, 0.5) is 5.13 Å². The number of amides is 1. The van der Waals surface area contributed by atoms with E-state index in [4.69, 9.17) is 5.73 Å². The maximum atomic E-state index is 12.4. The van der Waals surface area contributed by atoms with Crippen molar-refractivity contribution < 1.29 is 4.79 Å². The van der Waals surface area contributed by atoms with Crippen LogP contribution in [0.2, 0.25) is 0 Å². The summed E-state index contributed by atoms with van der Waals surface area (Å²) in [5.74, 6) is 1.82. The van der Waals surface area contributed by atoms with Gasteiger partial charge in [0, 0.05) is 17.3 Å². The van der Waals surface area contributed by atoms with E-state index in [9.17, 15) is 4.79 Å². The highest BCUT2D eigenvalue weighted by Gasteiger charge is 2.49. The van der Waals surface area contributed by atoms with Crippen molar-refractivity contribution in [3.05, 3.63) is 11.1 Å². The summed E-state index contributed by atoms with van der Waals surface area (Å²) in [6, 6.07) is 0.0571. The smallest absolute Gasteiger partial charge is 0.231 e. The number of nitrogens with two attached hydrogens (primary N) is 1. The number of rotatable bonds is 3. The Labute approximate surface area is 128 Å². The minimum atomic E-state index is 0. The van der Waals surface area contributed by atoms with E-state index in [1.165, 1.54) is 25.7 Å². The number of hydrogen-bond acceptors (Lipinski definition) is 4. The number of carbonyl (C=O) groups excluding carboxylic acids is 1. The average Bonchev–Trinajstić information content (AvgIpc) is 2.84. The molecule has 1 aromatic rings. The maximum Gasteiger partial charge on any atom is 0.231 e. The van der Waals surface area contributed by atoms with Gasteiger partial charge in [-0.3, -0.25) is 4.79 Å². The molecule has 3 aliphatic carbocycles. The number of anilines is 1. The molecule has 1 aromatic heterocycles. The van der Waals surface area contributed by atoms with E-state index in [0.717, 1.165) is 17.2 Å². The SMILES string of the molecule is Cl.NC1C2CCC(C2)C1C(=O)Nc1nc(C2CC2)cs1. The molecule has 3 fully saturated rings. The third-order valence-electron chi connectivity index (χ3n) is 5.03. The van der Waals surface area contributed by atoms with Crippen molar-refractivity contribution in [3.8, 4) is 0 Å². The lowest BCUT2D eigenvalue weighted by atomic mass is 9.84. The second-order valence-electron chi connectivity index (χ2n) is 6.28. The Morgan fingerprint density at radius 2 is 2.05 bits per heavy atom. The fourth-order valence-electron chi connectivity index (χ4n) is 3.82. The lowest BCUT2D eigenvalue weighted by Crippen LogP contribution is -2.42. The van der Waals surface area contributed by atoms with Crippen molar-refractivity contribution in [3.63, 3.8) is 0 Å². The molecule has 20 heavy (non-hydrogen) atoms. The van der Waals surface area contributed by atoms with Gasteiger partial charge in [-0.1, -0.05) is 0 Å². The van der Waals surface area contributed by atoms with Gasteiger partial charge in [-0.15, -0.1) is 23.7 Å². The number of fused-ring (bicyclic) bond motifs is 2. The molecule has 110 valence electrons. The predicted molar refractivity (Wildman–Crippen MR) is 82.3 cm³/mol. The molecule has 4 atom stereocenters. The number of nitrogens with one attached hydrogen (secondary N) is 1. The van der Waals surface area contributed by atoms with Crippen molar-refractivity contribution in [1.29, 1.82) is 0 Å². The minimum absolute atomic E-state index is 0. The largest absolute Gasteiger partial charge is 0.327 e. The molecule has 4 rings (SSSR count). The first-order valence-electron chi connectivity index (χ1n) is 7.24. The molecule has 2 bridgehead atoms. The summed E-state index contributed by atoms with van der Waals surface area (Å²) in [5, 5.41) is 5.82. The van der Waals surface area contributed by atoms with Crippen molar-refractivity contribution in [2.75, 3.05) is 5.32 Å². The highest BCUT2D eigenvalue weighted by atomic mass is 35.5. The summed E-state index contributed by atoms with van der Waals surface area (Å²) < 4.78 is 0. The van der Waals surface area contributed by atoms with Gasteiger partial charge in [-0.05, 0) is 43.9 Å². The summed E-state index contributed by atoms with van der Waals surface area (Å²) >= 11 is 1.54. The topological polar surface area (TPSA) is 68.0 Å². The molecule has 0 spiro atoms. The lowest BCUT2D eigenvalue weighted by Gasteiger charge is -2.26. The average molecular weight is 314 g/mol. The molecule has 3 saturated carbocycles. The Morgan fingerprint density at radius 1 is 1.30 bits per heavy atom. The van der Waals surface area contributed by atoms with Crippen LogP contribution in [0.1, 0.15) is 43.7 Å². The number of nitrogens with zero attached hydrogens (tertiary/aromatic N) is 1. The molecule has 3 aliphatic rings. The van der Waals surface area contributed by atoms with Crippen LogP contribution in [0.15, 0.2) is 5.38 Å². The second-order valence-corrected chi connectivity index (χ2v) is 7.14. The summed E-state index contributed by atoms with van der Waals surface area (Å²) in [6.45, 7) is 0. The van der Waals surface area contributed by atoms with Gasteiger partial charge in [-0.25, -0.2) is 4.98 Å². The van der Waals surface area contributed by atoms with Crippen LogP contribution in [-0.4, -0.2) is 16.9 Å². The van der Waals surface area contributed by atoms with Crippen LogP contribution in [0.5, 0.6) is 0 Å². The third kappa shape index (κ3) is 2.36. The van der Waals surface area contributed by atoms with Crippen molar-refractivity contribution in [1.82, 2.24) is 4.98 Å². The first-order valence-corrected chi connectivity index (χ1v) is 8.12. The van der Waals surface area contributed by atoms with Crippen LogP contribution in [0.3, 0.4) is 0 Å². The van der Waals surface area contributed by atoms with Crippen LogP contribution in [-0.2, 0) is 4.79 Å². The summed E-state index contributed by atoms with van der Waals surface area (Å²) in [5.41, 5.74) is 7.35. The van der Waals surface area contributed by atoms with Gasteiger partial charge in [-0.2, -0.15) is 0 Å². The summed E-state index contributed by atoms with van der Waals surface area (Å²) in [4.78, 5) is 16.9. The molecule has 4 unspecified atom stereocenters. The van der Waals surface area contributed by atoms with Gasteiger partial charge >= 0.3 is 0 Å². The molecule has 0 aromatic carbocycles. The van der Waals surface area contributed by atoms with E-state index in [0.29, 0.717) is 17.8 Å². The highest BCUT2D eigenvalue weighted by Crippen LogP contribution is 2.48. The standard InChI is InChI=1S/C14H19N3OS.ClH/c15-12-9-4-3-8(5-9)11(12)13(18)17-14-16-10(6-19-14)7-1-2-7;/h6-9,11-12H,1-5,15H2,(H,16,17,18);1H. The molecule has 1 heterocycles. The molecule has 3 N–H and O–H groups in total. The zero-order valence-electron chi connectivity index (χ0n) is 11.2. The van der Waals surface area contributed by atoms with Crippen LogP contribution < -0.4 is 11.1 Å². The zero-order valence-corrected chi connectivity index (χ0v) is 12.9. The maximum absolute atomic E-state index is 12.4. The van der Waals surface area contributed by atoms with Crippen molar-refractivity contribution in [2.24, 2.45) is 23.5 Å². The minimum Gasteiger partial charge on any atom is -0.327 e.